The molecule has 0 amide bonds. The summed E-state index contributed by atoms with van der Waals surface area (Å²) < 4.78 is 14.6. The van der Waals surface area contributed by atoms with Gasteiger partial charge in [-0.15, -0.1) is 0 Å². The summed E-state index contributed by atoms with van der Waals surface area (Å²) in [6.07, 6.45) is 30.2. The Labute approximate surface area is 317 Å². The molecule has 0 aromatic heterocycles. The molecule has 0 saturated heterocycles. The SMILES string of the molecule is C[C@@H]1OC(c2ccccc2)=N[C@@H]1C(Cc1ccccc1)(Cc1ccccc1)O[PH+](C1CCCCC1)C1CCCCC1.[C-]1=CCCC=[C-]CC1.[Ir+3]. The van der Waals surface area contributed by atoms with E-state index in [1.807, 2.05) is 0 Å². The van der Waals surface area contributed by atoms with Crippen LogP contribution >= 0.6 is 8.15 Å². The number of ether oxygens (including phenoxy) is 1. The molecule has 2 atom stereocenters. The summed E-state index contributed by atoms with van der Waals surface area (Å²) in [4.78, 5) is 5.43. The van der Waals surface area contributed by atoms with Gasteiger partial charge in [0.05, 0.1) is 11.3 Å². The molecule has 5 heteroatoms. The second-order valence-electron chi connectivity index (χ2n) is 14.5. The predicted octanol–water partition coefficient (Wildman–Crippen LogP) is 11.5. The molecule has 0 bridgehead atoms. The molecule has 3 aromatic carbocycles. The minimum Gasteiger partial charge on any atom is -0.503 e. The number of benzene rings is 3. The van der Waals surface area contributed by atoms with E-state index < -0.39 is 13.7 Å². The van der Waals surface area contributed by atoms with Gasteiger partial charge in [0.2, 0.25) is 5.90 Å². The molecule has 3 aromatic rings. The fourth-order valence-corrected chi connectivity index (χ4v) is 12.0. The zero-order chi connectivity index (χ0) is 33.6. The maximum absolute atomic E-state index is 7.98. The van der Waals surface area contributed by atoms with Crippen molar-refractivity contribution in [2.45, 2.75) is 139 Å². The van der Waals surface area contributed by atoms with E-state index in [1.165, 1.54) is 75.3 Å². The second-order valence-corrected chi connectivity index (χ2v) is 17.2. The average molecular weight is 867 g/mol. The first-order valence-corrected chi connectivity index (χ1v) is 20.8. The number of hydrogen-bond donors (Lipinski definition) is 0. The minimum absolute atomic E-state index is 0. The van der Waals surface area contributed by atoms with Gasteiger partial charge in [-0.2, -0.15) is 0 Å². The third-order valence-electron chi connectivity index (χ3n) is 10.7. The quantitative estimate of drug-likeness (QED) is 0.150. The molecule has 50 heavy (non-hydrogen) atoms. The Bertz CT molecular complexity index is 1380. The molecule has 0 radical (unpaired) electrons. The molecular formula is C45H57IrNO2P+2. The van der Waals surface area contributed by atoms with Crippen molar-refractivity contribution in [2.75, 3.05) is 0 Å². The first-order valence-electron chi connectivity index (χ1n) is 19.2. The zero-order valence-corrected chi connectivity index (χ0v) is 33.4. The number of hydrogen-bond acceptors (Lipinski definition) is 3. The van der Waals surface area contributed by atoms with Gasteiger partial charge in [-0.1, -0.05) is 105 Å². The van der Waals surface area contributed by atoms with Gasteiger partial charge < -0.3 is 16.9 Å². The first kappa shape index (κ1) is 38.9. The second kappa shape index (κ2) is 20.6. The fraction of sp³-hybridized carbons (Fsp3) is 0.489. The molecule has 1 aliphatic heterocycles. The van der Waals surface area contributed by atoms with Gasteiger partial charge in [-0.25, -0.2) is 22.4 Å². The smallest absolute Gasteiger partial charge is 0.503 e. The van der Waals surface area contributed by atoms with Crippen molar-refractivity contribution in [1.29, 1.82) is 0 Å². The molecule has 4 aliphatic rings. The Kier molecular flexibility index (Phi) is 16.0. The van der Waals surface area contributed by atoms with Crippen LogP contribution in [0.4, 0.5) is 0 Å². The summed E-state index contributed by atoms with van der Waals surface area (Å²) in [7, 11) is -1.11. The minimum atomic E-state index is -1.11. The van der Waals surface area contributed by atoms with Gasteiger partial charge >= 0.3 is 20.1 Å². The van der Waals surface area contributed by atoms with Crippen LogP contribution in [0.15, 0.2) is 108 Å². The summed E-state index contributed by atoms with van der Waals surface area (Å²) in [5, 5.41) is 0. The van der Waals surface area contributed by atoms with E-state index in [-0.39, 0.29) is 32.3 Å². The molecular weight excluding hydrogens is 810 g/mol. The Balaban J connectivity index is 0.000000477. The van der Waals surface area contributed by atoms with Gasteiger partial charge in [-0.3, -0.25) is 12.2 Å². The first-order chi connectivity index (χ1) is 24.2. The van der Waals surface area contributed by atoms with Gasteiger partial charge in [0, 0.05) is 18.4 Å². The summed E-state index contributed by atoms with van der Waals surface area (Å²) >= 11 is 0. The third kappa shape index (κ3) is 11.1. The molecule has 2 saturated carbocycles. The Hall–Kier alpha value is -2.35. The maximum atomic E-state index is 7.98. The van der Waals surface area contributed by atoms with Gasteiger partial charge in [0.15, 0.2) is 0 Å². The molecule has 3 aliphatic carbocycles. The van der Waals surface area contributed by atoms with E-state index in [0.717, 1.165) is 61.3 Å². The summed E-state index contributed by atoms with van der Waals surface area (Å²) in [6, 6.07) is 32.4. The van der Waals surface area contributed by atoms with E-state index in [0.29, 0.717) is 0 Å². The molecule has 7 rings (SSSR count). The van der Waals surface area contributed by atoms with Crippen molar-refractivity contribution in [2.24, 2.45) is 4.99 Å². The largest absolute Gasteiger partial charge is 3.00 e. The van der Waals surface area contributed by atoms with Crippen molar-refractivity contribution < 1.29 is 29.4 Å². The van der Waals surface area contributed by atoms with Gasteiger partial charge in [0.1, 0.15) is 25.9 Å². The molecule has 0 spiro atoms. The summed E-state index contributed by atoms with van der Waals surface area (Å²) in [5.41, 5.74) is 4.71. The van der Waals surface area contributed by atoms with Gasteiger partial charge in [0.25, 0.3) is 0 Å². The molecule has 0 N–H and O–H groups in total. The van der Waals surface area contributed by atoms with E-state index >= 15 is 0 Å². The summed E-state index contributed by atoms with van der Waals surface area (Å²) in [6.45, 7) is 2.21. The molecule has 0 unspecified atom stereocenters. The van der Waals surface area contributed by atoms with E-state index in [4.69, 9.17) is 14.3 Å². The van der Waals surface area contributed by atoms with Crippen LogP contribution in [0.3, 0.4) is 0 Å². The standard InChI is InChI=1S/C37H46NO2P.C8H10.Ir/c1-29-35(38-36(39-29)32-21-11-4-12-22-32)37(27-30-17-7-2-8-18-30,28-31-19-9-3-10-20-31)40-41(33-23-13-5-14-24-33)34-25-15-6-16-26-34;1-2-4-6-8-7-5-3-1;/h2-4,7-12,17-22,29,33-35H,5-6,13-16,23-28H2,1H3;1,6H,2,4-5,7H2;/q;-2;+3/p+1/t29-,35-;;/m0../s1. The molecule has 1 heterocycles. The van der Waals surface area contributed by atoms with Crippen LogP contribution < -0.4 is 0 Å². The van der Waals surface area contributed by atoms with Crippen molar-refractivity contribution in [3.8, 4) is 0 Å². The van der Waals surface area contributed by atoms with Crippen LogP contribution in [-0.2, 0) is 42.2 Å². The zero-order valence-electron chi connectivity index (χ0n) is 30.0. The molecule has 3 nitrogen and oxygen atoms in total. The number of allylic oxidation sites excluding steroid dienone is 4. The Morgan fingerprint density at radius 3 is 1.62 bits per heavy atom. The summed E-state index contributed by atoms with van der Waals surface area (Å²) in [5.74, 6) is 0.765. The number of rotatable bonds is 10. The van der Waals surface area contributed by atoms with E-state index in [2.05, 4.69) is 122 Å². The Morgan fingerprint density at radius 1 is 0.680 bits per heavy atom. The van der Waals surface area contributed by atoms with E-state index in [9.17, 15) is 0 Å². The predicted molar refractivity (Wildman–Crippen MR) is 208 cm³/mol. The van der Waals surface area contributed by atoms with Crippen molar-refractivity contribution in [1.82, 2.24) is 0 Å². The normalized spacial score (nSPS) is 21.6. The molecule has 2 fully saturated rings. The van der Waals surface area contributed by atoms with Crippen LogP contribution in [0, 0.1) is 12.2 Å². The van der Waals surface area contributed by atoms with Crippen LogP contribution in [0.1, 0.15) is 114 Å². The average Bonchev–Trinajstić information content (AvgIpc) is 3.55. The van der Waals surface area contributed by atoms with Crippen LogP contribution in [0.2, 0.25) is 0 Å². The van der Waals surface area contributed by atoms with Crippen LogP contribution in [0.5, 0.6) is 0 Å². The monoisotopic (exact) mass is 867 g/mol. The number of aliphatic imine (C=N–C) groups is 1. The fourth-order valence-electron chi connectivity index (χ4n) is 8.29. The van der Waals surface area contributed by atoms with Crippen LogP contribution in [0.25, 0.3) is 0 Å². The topological polar surface area (TPSA) is 30.8 Å². The number of nitrogens with zero attached hydrogens (tertiary/aromatic N) is 1. The molecule has 266 valence electrons. The third-order valence-corrected chi connectivity index (χ3v) is 14.2. The van der Waals surface area contributed by atoms with Crippen LogP contribution in [-0.4, -0.2) is 35.0 Å². The Morgan fingerprint density at radius 2 is 1.14 bits per heavy atom. The van der Waals surface area contributed by atoms with Gasteiger partial charge in [-0.05, 0) is 81.5 Å². The van der Waals surface area contributed by atoms with Crippen molar-refractivity contribution in [3.63, 3.8) is 0 Å². The maximum Gasteiger partial charge on any atom is 3.00 e. The van der Waals surface area contributed by atoms with Crippen molar-refractivity contribution >= 4 is 14.0 Å². The van der Waals surface area contributed by atoms with E-state index in [1.54, 1.807) is 0 Å². The van der Waals surface area contributed by atoms with Crippen molar-refractivity contribution in [3.05, 3.63) is 132 Å².